The highest BCUT2D eigenvalue weighted by molar-refractivity contribution is 5.37. The molecule has 0 aliphatic carbocycles. The molecule has 0 atom stereocenters. The van der Waals surface area contributed by atoms with Crippen LogP contribution in [0.4, 0.5) is 13.2 Å². The number of aliphatic hydroxyl groups is 1. The minimum atomic E-state index is -4.31. The Morgan fingerprint density at radius 3 is 2.14 bits per heavy atom. The largest absolute Gasteiger partial charge is 0.416 e. The van der Waals surface area contributed by atoms with Crippen molar-refractivity contribution in [1.82, 2.24) is 9.80 Å². The Morgan fingerprint density at radius 2 is 1.59 bits per heavy atom. The molecule has 2 rings (SSSR count). The van der Waals surface area contributed by atoms with Gasteiger partial charge >= 0.3 is 6.18 Å². The molecule has 0 bridgehead atoms. The van der Waals surface area contributed by atoms with Crippen LogP contribution in [0, 0.1) is 11.8 Å². The molecule has 0 aromatic heterocycles. The van der Waals surface area contributed by atoms with Gasteiger partial charge in [0.05, 0.1) is 18.7 Å². The van der Waals surface area contributed by atoms with Crippen LogP contribution in [0.3, 0.4) is 0 Å². The second kappa shape index (κ2) is 7.63. The molecule has 0 spiro atoms. The molecule has 1 aliphatic heterocycles. The number of nitrogens with zero attached hydrogens (tertiary/aromatic N) is 2. The van der Waals surface area contributed by atoms with Crippen LogP contribution < -0.4 is 0 Å². The minimum absolute atomic E-state index is 0.174. The minimum Gasteiger partial charge on any atom is -0.395 e. The van der Waals surface area contributed by atoms with Gasteiger partial charge in [-0.25, -0.2) is 0 Å². The number of hydrogen-bond acceptors (Lipinski definition) is 3. The number of rotatable bonds is 3. The fourth-order valence-corrected chi connectivity index (χ4v) is 2.31. The summed E-state index contributed by atoms with van der Waals surface area (Å²) in [6, 6.07) is 4.90. The van der Waals surface area contributed by atoms with E-state index in [1.165, 1.54) is 12.1 Å². The number of benzene rings is 1. The zero-order chi connectivity index (χ0) is 16.0. The van der Waals surface area contributed by atoms with Crippen LogP contribution in [0.25, 0.3) is 0 Å². The van der Waals surface area contributed by atoms with Crippen molar-refractivity contribution in [3.8, 4) is 11.8 Å². The van der Waals surface area contributed by atoms with Gasteiger partial charge in [-0.1, -0.05) is 11.8 Å². The average molecular weight is 312 g/mol. The lowest BCUT2D eigenvalue weighted by molar-refractivity contribution is -0.137. The number of halogens is 3. The predicted molar refractivity (Wildman–Crippen MR) is 78.3 cm³/mol. The third-order valence-corrected chi connectivity index (χ3v) is 3.63. The predicted octanol–water partition coefficient (Wildman–Crippen LogP) is 1.67. The van der Waals surface area contributed by atoms with Gasteiger partial charge in [-0.15, -0.1) is 0 Å². The van der Waals surface area contributed by atoms with Gasteiger partial charge in [0.2, 0.25) is 0 Å². The van der Waals surface area contributed by atoms with Crippen LogP contribution in [0.5, 0.6) is 0 Å². The lowest BCUT2D eigenvalue weighted by atomic mass is 10.1. The zero-order valence-electron chi connectivity index (χ0n) is 12.2. The summed E-state index contributed by atoms with van der Waals surface area (Å²) in [6.45, 7) is 5.07. The van der Waals surface area contributed by atoms with Crippen molar-refractivity contribution in [3.05, 3.63) is 35.4 Å². The smallest absolute Gasteiger partial charge is 0.395 e. The summed E-state index contributed by atoms with van der Waals surface area (Å²) in [5, 5.41) is 8.87. The molecule has 1 heterocycles. The molecule has 0 radical (unpaired) electrons. The molecule has 1 saturated heterocycles. The fraction of sp³-hybridized carbons (Fsp3) is 0.500. The van der Waals surface area contributed by atoms with E-state index >= 15 is 0 Å². The van der Waals surface area contributed by atoms with E-state index in [9.17, 15) is 13.2 Å². The molecule has 3 nitrogen and oxygen atoms in total. The summed E-state index contributed by atoms with van der Waals surface area (Å²) in [7, 11) is 0. The molecule has 120 valence electrons. The highest BCUT2D eigenvalue weighted by atomic mass is 19.4. The van der Waals surface area contributed by atoms with Crippen LogP contribution in [-0.2, 0) is 6.18 Å². The first-order chi connectivity index (χ1) is 10.5. The second-order valence-electron chi connectivity index (χ2n) is 5.22. The van der Waals surface area contributed by atoms with Gasteiger partial charge in [-0.05, 0) is 24.3 Å². The van der Waals surface area contributed by atoms with Crippen LogP contribution in [0.15, 0.2) is 24.3 Å². The molecule has 1 N–H and O–H groups in total. The molecule has 0 unspecified atom stereocenters. The first-order valence-corrected chi connectivity index (χ1v) is 7.21. The van der Waals surface area contributed by atoms with Crippen molar-refractivity contribution in [2.75, 3.05) is 45.9 Å². The maximum Gasteiger partial charge on any atom is 0.416 e. The molecule has 1 aromatic carbocycles. The van der Waals surface area contributed by atoms with Crippen molar-refractivity contribution in [2.45, 2.75) is 6.18 Å². The molecular formula is C16H19F3N2O. The van der Waals surface area contributed by atoms with Gasteiger partial charge in [0.1, 0.15) is 0 Å². The molecule has 1 aliphatic rings. The van der Waals surface area contributed by atoms with Crippen molar-refractivity contribution >= 4 is 0 Å². The summed E-state index contributed by atoms with van der Waals surface area (Å²) in [6.07, 6.45) is -4.31. The van der Waals surface area contributed by atoms with Crippen molar-refractivity contribution in [3.63, 3.8) is 0 Å². The van der Waals surface area contributed by atoms with Crippen molar-refractivity contribution < 1.29 is 18.3 Å². The molecule has 6 heteroatoms. The Morgan fingerprint density at radius 1 is 1.00 bits per heavy atom. The Balaban J connectivity index is 1.82. The van der Waals surface area contributed by atoms with Gasteiger partial charge < -0.3 is 5.11 Å². The summed E-state index contributed by atoms with van der Waals surface area (Å²) >= 11 is 0. The molecule has 1 aromatic rings. The number of alkyl halides is 3. The molecular weight excluding hydrogens is 293 g/mol. The van der Waals surface area contributed by atoms with E-state index in [2.05, 4.69) is 21.6 Å². The first-order valence-electron chi connectivity index (χ1n) is 7.21. The number of hydrogen-bond donors (Lipinski definition) is 1. The average Bonchev–Trinajstić information content (AvgIpc) is 2.49. The molecule has 0 amide bonds. The van der Waals surface area contributed by atoms with E-state index in [1.54, 1.807) is 0 Å². The molecule has 1 fully saturated rings. The lowest BCUT2D eigenvalue weighted by Crippen LogP contribution is -2.47. The van der Waals surface area contributed by atoms with Crippen molar-refractivity contribution in [1.29, 1.82) is 0 Å². The normalized spacial score (nSPS) is 17.1. The SMILES string of the molecule is OCCN1CCN(CC#Cc2ccc(C(F)(F)F)cc2)CC1. The number of β-amino-alcohol motifs (C(OH)–C–C–N with tert-alkyl or cyclic N) is 1. The van der Waals surface area contributed by atoms with E-state index in [-0.39, 0.29) is 6.61 Å². The Kier molecular flexibility index (Phi) is 5.83. The van der Waals surface area contributed by atoms with E-state index in [1.807, 2.05) is 0 Å². The summed E-state index contributed by atoms with van der Waals surface area (Å²) < 4.78 is 37.3. The van der Waals surface area contributed by atoms with Crippen LogP contribution >= 0.6 is 0 Å². The number of piperazine rings is 1. The topological polar surface area (TPSA) is 26.7 Å². The van der Waals surface area contributed by atoms with Gasteiger partial charge in [0.25, 0.3) is 0 Å². The second-order valence-corrected chi connectivity index (χ2v) is 5.22. The molecule has 0 saturated carbocycles. The van der Waals surface area contributed by atoms with E-state index in [0.717, 1.165) is 38.3 Å². The van der Waals surface area contributed by atoms with E-state index < -0.39 is 11.7 Å². The van der Waals surface area contributed by atoms with Gasteiger partial charge in [0, 0.05) is 38.3 Å². The van der Waals surface area contributed by atoms with Gasteiger partial charge in [-0.3, -0.25) is 9.80 Å². The van der Waals surface area contributed by atoms with Crippen LogP contribution in [-0.4, -0.2) is 60.8 Å². The van der Waals surface area contributed by atoms with Crippen LogP contribution in [0.2, 0.25) is 0 Å². The number of aliphatic hydroxyl groups excluding tert-OH is 1. The quantitative estimate of drug-likeness (QED) is 0.860. The Labute approximate surface area is 128 Å². The maximum absolute atomic E-state index is 12.4. The summed E-state index contributed by atoms with van der Waals surface area (Å²) in [5.74, 6) is 5.90. The zero-order valence-corrected chi connectivity index (χ0v) is 12.2. The maximum atomic E-state index is 12.4. The van der Waals surface area contributed by atoms with Gasteiger partial charge in [0.15, 0.2) is 0 Å². The Bertz CT molecular complexity index is 523. The molecule has 22 heavy (non-hydrogen) atoms. The monoisotopic (exact) mass is 312 g/mol. The summed E-state index contributed by atoms with van der Waals surface area (Å²) in [5.41, 5.74) is -0.0648. The van der Waals surface area contributed by atoms with Crippen molar-refractivity contribution in [2.24, 2.45) is 0 Å². The fourth-order valence-electron chi connectivity index (χ4n) is 2.31. The third kappa shape index (κ3) is 5.02. The first kappa shape index (κ1) is 16.8. The van der Waals surface area contributed by atoms with E-state index in [4.69, 9.17) is 5.11 Å². The van der Waals surface area contributed by atoms with Gasteiger partial charge in [-0.2, -0.15) is 13.2 Å². The third-order valence-electron chi connectivity index (χ3n) is 3.63. The highest BCUT2D eigenvalue weighted by Crippen LogP contribution is 2.28. The Hall–Kier alpha value is -1.55. The summed E-state index contributed by atoms with van der Waals surface area (Å²) in [4.78, 5) is 4.39. The highest BCUT2D eigenvalue weighted by Gasteiger charge is 2.29. The lowest BCUT2D eigenvalue weighted by Gasteiger charge is -2.33. The standard InChI is InChI=1S/C16H19F3N2O/c17-16(18,19)15-5-3-14(4-6-15)2-1-7-20-8-10-21(11-9-20)12-13-22/h3-6,22H,7-13H2. The van der Waals surface area contributed by atoms with E-state index in [0.29, 0.717) is 18.7 Å². The van der Waals surface area contributed by atoms with Crippen LogP contribution in [0.1, 0.15) is 11.1 Å².